The van der Waals surface area contributed by atoms with E-state index in [0.29, 0.717) is 38.3 Å². The normalized spacial score (nSPS) is 18.4. The third-order valence-electron chi connectivity index (χ3n) is 3.63. The molecule has 0 spiro atoms. The minimum atomic E-state index is -3.48. The molecule has 0 aromatic heterocycles. The van der Waals surface area contributed by atoms with Crippen molar-refractivity contribution < 1.29 is 13.2 Å². The quantitative estimate of drug-likeness (QED) is 0.818. The Balaban J connectivity index is 2.18. The number of rotatable bonds is 6. The molecule has 1 fully saturated rings. The van der Waals surface area contributed by atoms with Crippen molar-refractivity contribution in [3.05, 3.63) is 29.8 Å². The van der Waals surface area contributed by atoms with Gasteiger partial charge in [0.05, 0.1) is 13.2 Å². The molecule has 1 aliphatic rings. The van der Waals surface area contributed by atoms with Gasteiger partial charge in [0.1, 0.15) is 5.75 Å². The molecular formula is C14H23N3O3S. The molecule has 21 heavy (non-hydrogen) atoms. The van der Waals surface area contributed by atoms with Gasteiger partial charge in [-0.25, -0.2) is 0 Å². The molecule has 2 N–H and O–H groups in total. The maximum absolute atomic E-state index is 12.5. The van der Waals surface area contributed by atoms with E-state index in [1.807, 2.05) is 31.2 Å². The lowest BCUT2D eigenvalue weighted by Crippen LogP contribution is -2.51. The van der Waals surface area contributed by atoms with E-state index in [1.165, 1.54) is 4.31 Å². The lowest BCUT2D eigenvalue weighted by Gasteiger charge is -2.29. The number of benzene rings is 1. The molecule has 6 nitrogen and oxygen atoms in total. The minimum Gasteiger partial charge on any atom is -0.496 e. The van der Waals surface area contributed by atoms with Crippen molar-refractivity contribution >= 4 is 10.2 Å². The van der Waals surface area contributed by atoms with Crippen LogP contribution in [0, 0.1) is 0 Å². The molecule has 118 valence electrons. The molecule has 1 heterocycles. The average Bonchev–Trinajstić information content (AvgIpc) is 2.53. The zero-order valence-electron chi connectivity index (χ0n) is 12.5. The second-order valence-corrected chi connectivity index (χ2v) is 6.68. The Hall–Kier alpha value is -1.15. The number of nitrogens with one attached hydrogen (secondary N) is 2. The van der Waals surface area contributed by atoms with Crippen LogP contribution in [0.4, 0.5) is 0 Å². The van der Waals surface area contributed by atoms with Gasteiger partial charge in [0.2, 0.25) is 0 Å². The third-order valence-corrected chi connectivity index (χ3v) is 5.26. The Labute approximate surface area is 126 Å². The predicted molar refractivity (Wildman–Crippen MR) is 82.5 cm³/mol. The van der Waals surface area contributed by atoms with Crippen molar-refractivity contribution in [3.63, 3.8) is 0 Å². The van der Waals surface area contributed by atoms with Gasteiger partial charge in [0, 0.05) is 31.7 Å². The Bertz CT molecular complexity index is 556. The molecule has 2 rings (SSSR count). The summed E-state index contributed by atoms with van der Waals surface area (Å²) >= 11 is 0. The maximum Gasteiger partial charge on any atom is 0.280 e. The van der Waals surface area contributed by atoms with Crippen molar-refractivity contribution in [1.29, 1.82) is 0 Å². The number of ether oxygens (including phenoxy) is 1. The van der Waals surface area contributed by atoms with Gasteiger partial charge in [-0.05, 0) is 12.5 Å². The van der Waals surface area contributed by atoms with E-state index in [0.717, 1.165) is 5.56 Å². The third kappa shape index (κ3) is 3.94. The first-order chi connectivity index (χ1) is 10.1. The van der Waals surface area contributed by atoms with Crippen molar-refractivity contribution in [2.24, 2.45) is 0 Å². The van der Waals surface area contributed by atoms with Crippen LogP contribution in [-0.2, 0) is 10.2 Å². The van der Waals surface area contributed by atoms with E-state index in [-0.39, 0.29) is 6.04 Å². The summed E-state index contributed by atoms with van der Waals surface area (Å²) in [6.45, 7) is 4.32. The van der Waals surface area contributed by atoms with Crippen LogP contribution in [0.1, 0.15) is 24.9 Å². The molecule has 1 aromatic carbocycles. The summed E-state index contributed by atoms with van der Waals surface area (Å²) in [4.78, 5) is 0. The predicted octanol–water partition coefficient (Wildman–Crippen LogP) is 0.886. The standard InChI is InChI=1S/C14H23N3O3S/c1-3-13(12-6-4-5-7-14(12)20-2)16-21(18,19)17-10-8-15-9-11-17/h4-7,13,15-16H,3,8-11H2,1-2H3. The summed E-state index contributed by atoms with van der Waals surface area (Å²) in [5, 5.41) is 3.15. The van der Waals surface area contributed by atoms with Crippen LogP contribution >= 0.6 is 0 Å². The molecule has 0 bridgehead atoms. The van der Waals surface area contributed by atoms with Gasteiger partial charge in [0.15, 0.2) is 0 Å². The van der Waals surface area contributed by atoms with Crippen LogP contribution in [-0.4, -0.2) is 46.0 Å². The summed E-state index contributed by atoms with van der Waals surface area (Å²) in [7, 11) is -1.89. The molecule has 1 aliphatic heterocycles. The molecular weight excluding hydrogens is 290 g/mol. The maximum atomic E-state index is 12.5. The molecule has 1 aromatic rings. The second kappa shape index (κ2) is 7.22. The first-order valence-electron chi connectivity index (χ1n) is 7.19. The molecule has 0 saturated carbocycles. The van der Waals surface area contributed by atoms with Crippen LogP contribution < -0.4 is 14.8 Å². The van der Waals surface area contributed by atoms with E-state index in [1.54, 1.807) is 7.11 Å². The van der Waals surface area contributed by atoms with Crippen LogP contribution in [0.15, 0.2) is 24.3 Å². The summed E-state index contributed by atoms with van der Waals surface area (Å²) in [6.07, 6.45) is 0.658. The Morgan fingerprint density at radius 2 is 2.00 bits per heavy atom. The summed E-state index contributed by atoms with van der Waals surface area (Å²) in [5.74, 6) is 0.701. The molecule has 1 atom stereocenters. The highest BCUT2D eigenvalue weighted by Gasteiger charge is 2.27. The van der Waals surface area contributed by atoms with Gasteiger partial charge >= 0.3 is 0 Å². The fourth-order valence-electron chi connectivity index (χ4n) is 2.46. The van der Waals surface area contributed by atoms with E-state index < -0.39 is 10.2 Å². The molecule has 7 heteroatoms. The summed E-state index contributed by atoms with van der Waals surface area (Å²) in [5.41, 5.74) is 0.862. The highest BCUT2D eigenvalue weighted by Crippen LogP contribution is 2.27. The number of hydrogen-bond acceptors (Lipinski definition) is 4. The first kappa shape index (κ1) is 16.2. The number of nitrogens with zero attached hydrogens (tertiary/aromatic N) is 1. The highest BCUT2D eigenvalue weighted by molar-refractivity contribution is 7.87. The number of hydrogen-bond donors (Lipinski definition) is 2. The summed E-state index contributed by atoms with van der Waals surface area (Å²) in [6, 6.07) is 7.21. The Morgan fingerprint density at radius 1 is 1.33 bits per heavy atom. The lowest BCUT2D eigenvalue weighted by atomic mass is 10.0. The largest absolute Gasteiger partial charge is 0.496 e. The number of methoxy groups -OCH3 is 1. The lowest BCUT2D eigenvalue weighted by molar-refractivity contribution is 0.349. The van der Waals surface area contributed by atoms with E-state index in [9.17, 15) is 8.42 Å². The topological polar surface area (TPSA) is 70.7 Å². The fraction of sp³-hybridized carbons (Fsp3) is 0.571. The molecule has 1 saturated heterocycles. The molecule has 1 unspecified atom stereocenters. The average molecular weight is 313 g/mol. The van der Waals surface area contributed by atoms with Gasteiger partial charge in [-0.15, -0.1) is 0 Å². The Kier molecular flexibility index (Phi) is 5.58. The zero-order chi connectivity index (χ0) is 15.3. The van der Waals surface area contributed by atoms with Crippen LogP contribution in [0.25, 0.3) is 0 Å². The summed E-state index contributed by atoms with van der Waals surface area (Å²) < 4.78 is 34.6. The van der Waals surface area contributed by atoms with Crippen LogP contribution in [0.3, 0.4) is 0 Å². The van der Waals surface area contributed by atoms with Gasteiger partial charge in [-0.3, -0.25) is 0 Å². The number of para-hydroxylation sites is 1. The van der Waals surface area contributed by atoms with Crippen molar-refractivity contribution in [2.45, 2.75) is 19.4 Å². The fourth-order valence-corrected chi connectivity index (χ4v) is 3.93. The SMILES string of the molecule is CCC(NS(=O)(=O)N1CCNCC1)c1ccccc1OC. The zero-order valence-corrected chi connectivity index (χ0v) is 13.3. The van der Waals surface area contributed by atoms with Crippen molar-refractivity contribution in [2.75, 3.05) is 33.3 Å². The second-order valence-electron chi connectivity index (χ2n) is 4.97. The van der Waals surface area contributed by atoms with E-state index >= 15 is 0 Å². The van der Waals surface area contributed by atoms with E-state index in [2.05, 4.69) is 10.0 Å². The highest BCUT2D eigenvalue weighted by atomic mass is 32.2. The molecule has 0 aliphatic carbocycles. The van der Waals surface area contributed by atoms with Crippen LogP contribution in [0.2, 0.25) is 0 Å². The smallest absolute Gasteiger partial charge is 0.280 e. The monoisotopic (exact) mass is 313 g/mol. The number of piperazine rings is 1. The minimum absolute atomic E-state index is 0.291. The van der Waals surface area contributed by atoms with Gasteiger partial charge in [0.25, 0.3) is 10.2 Å². The van der Waals surface area contributed by atoms with Gasteiger partial charge in [-0.2, -0.15) is 17.4 Å². The molecule has 0 amide bonds. The van der Waals surface area contributed by atoms with E-state index in [4.69, 9.17) is 4.74 Å². The first-order valence-corrected chi connectivity index (χ1v) is 8.63. The van der Waals surface area contributed by atoms with Crippen molar-refractivity contribution in [1.82, 2.24) is 14.3 Å². The van der Waals surface area contributed by atoms with Gasteiger partial charge in [-0.1, -0.05) is 25.1 Å². The van der Waals surface area contributed by atoms with Crippen molar-refractivity contribution in [3.8, 4) is 5.75 Å². The Morgan fingerprint density at radius 3 is 2.62 bits per heavy atom. The van der Waals surface area contributed by atoms with Crippen LogP contribution in [0.5, 0.6) is 5.75 Å². The molecule has 0 radical (unpaired) electrons. The van der Waals surface area contributed by atoms with Gasteiger partial charge < -0.3 is 10.1 Å².